The summed E-state index contributed by atoms with van der Waals surface area (Å²) in [5.74, 6) is -1.16. The number of hydrogen-bond acceptors (Lipinski definition) is 5. The number of carbonyl (C=O) groups excluding carboxylic acids is 2. The van der Waals surface area contributed by atoms with E-state index in [0.29, 0.717) is 24.5 Å². The smallest absolute Gasteiger partial charge is 0.355 e. The van der Waals surface area contributed by atoms with E-state index in [4.69, 9.17) is 4.74 Å². The van der Waals surface area contributed by atoms with Crippen LogP contribution < -0.4 is 5.32 Å². The standard InChI is InChI=1S/C18H21N3O5S/c1-20-9-5-8-16(20)18(23)26-13-17(22)19-14-6-4-7-15(12-14)27(24,25)21-10-2-3-11-21/h4-9,12H,2-3,10-11,13H2,1H3,(H,19,22). The molecule has 2 aromatic rings. The summed E-state index contributed by atoms with van der Waals surface area (Å²) >= 11 is 0. The molecule has 8 nitrogen and oxygen atoms in total. The molecule has 144 valence electrons. The molecule has 27 heavy (non-hydrogen) atoms. The topological polar surface area (TPSA) is 97.7 Å². The minimum absolute atomic E-state index is 0.128. The van der Waals surface area contributed by atoms with Crippen molar-refractivity contribution in [2.24, 2.45) is 7.05 Å². The van der Waals surface area contributed by atoms with Gasteiger partial charge >= 0.3 is 5.97 Å². The molecule has 0 spiro atoms. The van der Waals surface area contributed by atoms with Gasteiger partial charge in [-0.25, -0.2) is 13.2 Å². The van der Waals surface area contributed by atoms with E-state index in [1.54, 1.807) is 42.1 Å². The first-order valence-electron chi connectivity index (χ1n) is 8.56. The van der Waals surface area contributed by atoms with Gasteiger partial charge in [0.2, 0.25) is 10.0 Å². The maximum Gasteiger partial charge on any atom is 0.355 e. The van der Waals surface area contributed by atoms with E-state index in [1.807, 2.05) is 0 Å². The molecule has 1 N–H and O–H groups in total. The zero-order valence-electron chi connectivity index (χ0n) is 14.9. The molecule has 0 aliphatic carbocycles. The van der Waals surface area contributed by atoms with Gasteiger partial charge < -0.3 is 14.6 Å². The van der Waals surface area contributed by atoms with Gasteiger partial charge in [0.15, 0.2) is 6.61 Å². The maximum absolute atomic E-state index is 12.6. The second-order valence-electron chi connectivity index (χ2n) is 6.27. The maximum atomic E-state index is 12.6. The van der Waals surface area contributed by atoms with E-state index in [1.165, 1.54) is 16.4 Å². The summed E-state index contributed by atoms with van der Waals surface area (Å²) in [5.41, 5.74) is 0.664. The van der Waals surface area contributed by atoms with Gasteiger partial charge in [0.1, 0.15) is 5.69 Å². The summed E-state index contributed by atoms with van der Waals surface area (Å²) in [6.45, 7) is 0.551. The summed E-state index contributed by atoms with van der Waals surface area (Å²) in [6.07, 6.45) is 3.40. The van der Waals surface area contributed by atoms with E-state index >= 15 is 0 Å². The fourth-order valence-electron chi connectivity index (χ4n) is 2.89. The first-order chi connectivity index (χ1) is 12.9. The van der Waals surface area contributed by atoms with Crippen LogP contribution in [0.5, 0.6) is 0 Å². The summed E-state index contributed by atoms with van der Waals surface area (Å²) in [7, 11) is -1.87. The van der Waals surface area contributed by atoms with Gasteiger partial charge in [0.05, 0.1) is 4.90 Å². The lowest BCUT2D eigenvalue weighted by Crippen LogP contribution is -2.28. The van der Waals surface area contributed by atoms with Crippen molar-refractivity contribution in [1.29, 1.82) is 0 Å². The highest BCUT2D eigenvalue weighted by Crippen LogP contribution is 2.23. The Balaban J connectivity index is 1.61. The fraction of sp³-hybridized carbons (Fsp3) is 0.333. The van der Waals surface area contributed by atoms with Gasteiger partial charge in [-0.05, 0) is 43.2 Å². The quantitative estimate of drug-likeness (QED) is 0.755. The van der Waals surface area contributed by atoms with Crippen LogP contribution in [0.15, 0.2) is 47.5 Å². The largest absolute Gasteiger partial charge is 0.451 e. The molecule has 0 atom stereocenters. The number of ether oxygens (including phenoxy) is 1. The van der Waals surface area contributed by atoms with E-state index in [0.717, 1.165) is 12.8 Å². The number of aryl methyl sites for hydroxylation is 1. The second kappa shape index (κ2) is 7.93. The number of carbonyl (C=O) groups is 2. The lowest BCUT2D eigenvalue weighted by Gasteiger charge is -2.16. The highest BCUT2D eigenvalue weighted by molar-refractivity contribution is 7.89. The summed E-state index contributed by atoms with van der Waals surface area (Å²) in [5, 5.41) is 2.55. The monoisotopic (exact) mass is 391 g/mol. The molecule has 0 saturated carbocycles. The van der Waals surface area contributed by atoms with Gasteiger partial charge in [-0.2, -0.15) is 4.31 Å². The van der Waals surface area contributed by atoms with Crippen molar-refractivity contribution in [2.75, 3.05) is 25.0 Å². The number of anilines is 1. The predicted octanol–water partition coefficient (Wildman–Crippen LogP) is 1.61. The number of amides is 1. The summed E-state index contributed by atoms with van der Waals surface area (Å²) < 4.78 is 33.2. The van der Waals surface area contributed by atoms with Crippen LogP contribution in [-0.2, 0) is 26.6 Å². The molecule has 2 heterocycles. The van der Waals surface area contributed by atoms with E-state index in [-0.39, 0.29) is 4.90 Å². The normalized spacial score (nSPS) is 14.9. The number of sulfonamides is 1. The highest BCUT2D eigenvalue weighted by atomic mass is 32.2. The van der Waals surface area contributed by atoms with Crippen LogP contribution in [0.2, 0.25) is 0 Å². The van der Waals surface area contributed by atoms with Gasteiger partial charge in [0, 0.05) is 32.0 Å². The molecule has 0 radical (unpaired) electrons. The molecule has 1 aromatic heterocycles. The molecular weight excluding hydrogens is 370 g/mol. The van der Waals surface area contributed by atoms with Crippen LogP contribution in [0.1, 0.15) is 23.3 Å². The molecule has 0 unspecified atom stereocenters. The number of rotatable bonds is 6. The lowest BCUT2D eigenvalue weighted by atomic mass is 10.3. The Bertz CT molecular complexity index is 945. The van der Waals surface area contributed by atoms with Crippen LogP contribution in [0.3, 0.4) is 0 Å². The molecule has 1 aromatic carbocycles. The molecule has 3 rings (SSSR count). The van der Waals surface area contributed by atoms with Crippen LogP contribution >= 0.6 is 0 Å². The van der Waals surface area contributed by atoms with Crippen LogP contribution in [-0.4, -0.2) is 48.9 Å². The predicted molar refractivity (Wildman–Crippen MR) is 98.8 cm³/mol. The minimum Gasteiger partial charge on any atom is -0.451 e. The average molecular weight is 391 g/mol. The molecule has 1 amide bonds. The Labute approximate surface area is 157 Å². The SMILES string of the molecule is Cn1cccc1C(=O)OCC(=O)Nc1cccc(S(=O)(=O)N2CCCC2)c1. The third kappa shape index (κ3) is 4.37. The Morgan fingerprint density at radius 1 is 1.15 bits per heavy atom. The van der Waals surface area contributed by atoms with Crippen molar-refractivity contribution >= 4 is 27.6 Å². The number of esters is 1. The molecule has 0 bridgehead atoms. The van der Waals surface area contributed by atoms with Gasteiger partial charge in [-0.3, -0.25) is 4.79 Å². The second-order valence-corrected chi connectivity index (χ2v) is 8.21. The zero-order chi connectivity index (χ0) is 19.4. The number of nitrogens with zero attached hydrogens (tertiary/aromatic N) is 2. The lowest BCUT2D eigenvalue weighted by molar-refractivity contribution is -0.119. The number of aromatic nitrogens is 1. The molecule has 9 heteroatoms. The van der Waals surface area contributed by atoms with E-state index in [9.17, 15) is 18.0 Å². The molecule has 1 aliphatic rings. The molecule has 1 aliphatic heterocycles. The molecule has 1 saturated heterocycles. The van der Waals surface area contributed by atoms with Crippen molar-refractivity contribution in [2.45, 2.75) is 17.7 Å². The van der Waals surface area contributed by atoms with Crippen LogP contribution in [0.4, 0.5) is 5.69 Å². The van der Waals surface area contributed by atoms with Crippen molar-refractivity contribution in [3.05, 3.63) is 48.3 Å². The third-order valence-corrected chi connectivity index (χ3v) is 6.20. The number of benzene rings is 1. The van der Waals surface area contributed by atoms with E-state index in [2.05, 4.69) is 5.32 Å². The summed E-state index contributed by atoms with van der Waals surface area (Å²) in [4.78, 5) is 24.1. The Morgan fingerprint density at radius 3 is 2.56 bits per heavy atom. The molecule has 1 fully saturated rings. The average Bonchev–Trinajstić information content (AvgIpc) is 3.32. The van der Waals surface area contributed by atoms with Crippen LogP contribution in [0.25, 0.3) is 0 Å². The van der Waals surface area contributed by atoms with Crippen molar-refractivity contribution in [3.63, 3.8) is 0 Å². The first-order valence-corrected chi connectivity index (χ1v) is 10.0. The third-order valence-electron chi connectivity index (χ3n) is 4.31. The Morgan fingerprint density at radius 2 is 1.89 bits per heavy atom. The summed E-state index contributed by atoms with van der Waals surface area (Å²) in [6, 6.07) is 9.34. The Kier molecular flexibility index (Phi) is 5.62. The van der Waals surface area contributed by atoms with Crippen molar-refractivity contribution < 1.29 is 22.7 Å². The highest BCUT2D eigenvalue weighted by Gasteiger charge is 2.27. The fourth-order valence-corrected chi connectivity index (χ4v) is 4.45. The van der Waals surface area contributed by atoms with Gasteiger partial charge in [0.25, 0.3) is 5.91 Å². The Hall–Kier alpha value is -2.65. The van der Waals surface area contributed by atoms with E-state index < -0.39 is 28.5 Å². The zero-order valence-corrected chi connectivity index (χ0v) is 15.7. The number of hydrogen-bond donors (Lipinski definition) is 1. The molecular formula is C18H21N3O5S. The first kappa shape index (κ1) is 19.1. The van der Waals surface area contributed by atoms with Crippen molar-refractivity contribution in [3.8, 4) is 0 Å². The number of nitrogens with one attached hydrogen (secondary N) is 1. The minimum atomic E-state index is -3.56. The van der Waals surface area contributed by atoms with Gasteiger partial charge in [-0.15, -0.1) is 0 Å². The van der Waals surface area contributed by atoms with Gasteiger partial charge in [-0.1, -0.05) is 6.07 Å². The van der Waals surface area contributed by atoms with Crippen LogP contribution in [0, 0.1) is 0 Å². The van der Waals surface area contributed by atoms with Crippen molar-refractivity contribution in [1.82, 2.24) is 8.87 Å².